The molecule has 0 heterocycles. The Morgan fingerprint density at radius 3 is 2.44 bits per heavy atom. The lowest BCUT2D eigenvalue weighted by Gasteiger charge is -2.26. The summed E-state index contributed by atoms with van der Waals surface area (Å²) >= 11 is 0. The van der Waals surface area contributed by atoms with Crippen LogP contribution in [0.3, 0.4) is 0 Å². The molecule has 1 atom stereocenters. The molecule has 0 aromatic rings. The third-order valence-electron chi connectivity index (χ3n) is 3.20. The maximum Gasteiger partial charge on any atom is 0.0801 e. The van der Waals surface area contributed by atoms with E-state index in [9.17, 15) is 5.11 Å². The fraction of sp³-hybridized carbons (Fsp3) is 1.00. The number of hydrogen-bond donors (Lipinski definition) is 1. The highest BCUT2D eigenvalue weighted by Gasteiger charge is 2.21. The van der Waals surface area contributed by atoms with Crippen LogP contribution in [-0.4, -0.2) is 37.6 Å². The molecule has 96 valence electrons. The normalized spacial score (nSPS) is 19.9. The van der Waals surface area contributed by atoms with Gasteiger partial charge in [0.1, 0.15) is 0 Å². The minimum absolute atomic E-state index is 0.272. The molecule has 16 heavy (non-hydrogen) atoms. The fourth-order valence-corrected chi connectivity index (χ4v) is 2.22. The third-order valence-corrected chi connectivity index (χ3v) is 3.20. The first-order valence-corrected chi connectivity index (χ1v) is 6.68. The molecule has 0 aromatic heterocycles. The number of ether oxygens (including phenoxy) is 2. The minimum atomic E-state index is -0.272. The molecule has 0 amide bonds. The lowest BCUT2D eigenvalue weighted by atomic mass is 9.85. The topological polar surface area (TPSA) is 38.7 Å². The Hall–Kier alpha value is -0.120. The van der Waals surface area contributed by atoms with Gasteiger partial charge in [0.05, 0.1) is 25.9 Å². The van der Waals surface area contributed by atoms with Crippen molar-refractivity contribution in [1.82, 2.24) is 0 Å². The number of aliphatic hydroxyl groups is 1. The van der Waals surface area contributed by atoms with Gasteiger partial charge in [0.15, 0.2) is 0 Å². The van der Waals surface area contributed by atoms with Gasteiger partial charge in [0.25, 0.3) is 0 Å². The van der Waals surface area contributed by atoms with Crippen LogP contribution in [0.15, 0.2) is 0 Å². The van der Waals surface area contributed by atoms with Crippen molar-refractivity contribution in [2.24, 2.45) is 5.92 Å². The predicted octanol–water partition coefficient (Wildman–Crippen LogP) is 2.37. The van der Waals surface area contributed by atoms with Crippen LogP contribution in [0.4, 0.5) is 0 Å². The van der Waals surface area contributed by atoms with Crippen molar-refractivity contribution < 1.29 is 14.6 Å². The van der Waals surface area contributed by atoms with Gasteiger partial charge in [0, 0.05) is 6.61 Å². The second-order valence-corrected chi connectivity index (χ2v) is 4.65. The van der Waals surface area contributed by atoms with E-state index in [-0.39, 0.29) is 6.10 Å². The van der Waals surface area contributed by atoms with Crippen molar-refractivity contribution in [3.05, 3.63) is 0 Å². The standard InChI is InChI=1S/C13H26O3/c1-2-8-15-9-10-16-11-13(14)12-6-4-3-5-7-12/h12-14H,2-11H2,1H3. The van der Waals surface area contributed by atoms with Gasteiger partial charge >= 0.3 is 0 Å². The summed E-state index contributed by atoms with van der Waals surface area (Å²) in [6.07, 6.45) is 6.96. The lowest BCUT2D eigenvalue weighted by molar-refractivity contribution is -0.0233. The molecule has 0 radical (unpaired) electrons. The Kier molecular flexibility index (Phi) is 7.81. The molecule has 1 N–H and O–H groups in total. The second kappa shape index (κ2) is 8.97. The maximum atomic E-state index is 9.91. The summed E-state index contributed by atoms with van der Waals surface area (Å²) in [6, 6.07) is 0. The lowest BCUT2D eigenvalue weighted by Crippen LogP contribution is -2.28. The van der Waals surface area contributed by atoms with Crippen molar-refractivity contribution >= 4 is 0 Å². The summed E-state index contributed by atoms with van der Waals surface area (Å²) in [5, 5.41) is 9.91. The number of rotatable bonds is 8. The smallest absolute Gasteiger partial charge is 0.0801 e. The van der Waals surface area contributed by atoms with Gasteiger partial charge in [-0.15, -0.1) is 0 Å². The molecule has 0 saturated heterocycles. The van der Waals surface area contributed by atoms with Gasteiger partial charge in [-0.25, -0.2) is 0 Å². The first-order chi connectivity index (χ1) is 7.84. The van der Waals surface area contributed by atoms with E-state index in [0.29, 0.717) is 25.7 Å². The maximum absolute atomic E-state index is 9.91. The van der Waals surface area contributed by atoms with Crippen LogP contribution in [0, 0.1) is 5.92 Å². The zero-order valence-electron chi connectivity index (χ0n) is 10.5. The Bertz CT molecular complexity index is 155. The van der Waals surface area contributed by atoms with E-state index in [2.05, 4.69) is 6.92 Å². The molecule has 3 heteroatoms. The van der Waals surface area contributed by atoms with Crippen LogP contribution in [0.2, 0.25) is 0 Å². The Balaban J connectivity index is 1.94. The van der Waals surface area contributed by atoms with Crippen molar-refractivity contribution in [2.75, 3.05) is 26.4 Å². The quantitative estimate of drug-likeness (QED) is 0.651. The van der Waals surface area contributed by atoms with E-state index in [1.165, 1.54) is 19.3 Å². The third kappa shape index (κ3) is 5.83. The minimum Gasteiger partial charge on any atom is -0.390 e. The molecule has 0 aliphatic heterocycles. The number of hydrogen-bond acceptors (Lipinski definition) is 3. The van der Waals surface area contributed by atoms with Crippen LogP contribution < -0.4 is 0 Å². The highest BCUT2D eigenvalue weighted by molar-refractivity contribution is 4.72. The molecule has 0 spiro atoms. The highest BCUT2D eigenvalue weighted by atomic mass is 16.5. The molecule has 3 nitrogen and oxygen atoms in total. The molecule has 0 bridgehead atoms. The average molecular weight is 230 g/mol. The molecule has 0 aromatic carbocycles. The molecular formula is C13H26O3. The van der Waals surface area contributed by atoms with Crippen molar-refractivity contribution in [2.45, 2.75) is 51.6 Å². The largest absolute Gasteiger partial charge is 0.390 e. The van der Waals surface area contributed by atoms with E-state index >= 15 is 0 Å². The summed E-state index contributed by atoms with van der Waals surface area (Å²) in [4.78, 5) is 0. The van der Waals surface area contributed by atoms with Gasteiger partial charge in [-0.05, 0) is 25.2 Å². The molecule has 1 aliphatic carbocycles. The molecule has 1 fully saturated rings. The Morgan fingerprint density at radius 1 is 1.06 bits per heavy atom. The predicted molar refractivity (Wildman–Crippen MR) is 64.5 cm³/mol. The Morgan fingerprint density at radius 2 is 1.75 bits per heavy atom. The molecule has 1 unspecified atom stereocenters. The van der Waals surface area contributed by atoms with Gasteiger partial charge in [-0.3, -0.25) is 0 Å². The molecule has 1 aliphatic rings. The van der Waals surface area contributed by atoms with Crippen molar-refractivity contribution in [3.8, 4) is 0 Å². The van der Waals surface area contributed by atoms with Gasteiger partial charge in [-0.2, -0.15) is 0 Å². The van der Waals surface area contributed by atoms with Crippen LogP contribution in [-0.2, 0) is 9.47 Å². The van der Waals surface area contributed by atoms with E-state index in [1.807, 2.05) is 0 Å². The zero-order chi connectivity index (χ0) is 11.6. The van der Waals surface area contributed by atoms with Crippen LogP contribution in [0.25, 0.3) is 0 Å². The highest BCUT2D eigenvalue weighted by Crippen LogP contribution is 2.26. The van der Waals surface area contributed by atoms with Gasteiger partial charge in [0.2, 0.25) is 0 Å². The van der Waals surface area contributed by atoms with E-state index < -0.39 is 0 Å². The molecule has 1 saturated carbocycles. The summed E-state index contributed by atoms with van der Waals surface area (Å²) < 4.78 is 10.7. The summed E-state index contributed by atoms with van der Waals surface area (Å²) in [6.45, 7) is 4.61. The summed E-state index contributed by atoms with van der Waals surface area (Å²) in [5.74, 6) is 0.463. The van der Waals surface area contributed by atoms with Gasteiger partial charge < -0.3 is 14.6 Å². The van der Waals surface area contributed by atoms with Gasteiger partial charge in [-0.1, -0.05) is 26.2 Å². The SMILES string of the molecule is CCCOCCOCC(O)C1CCCCC1. The van der Waals surface area contributed by atoms with E-state index in [1.54, 1.807) is 0 Å². The van der Waals surface area contributed by atoms with Crippen molar-refractivity contribution in [3.63, 3.8) is 0 Å². The fourth-order valence-electron chi connectivity index (χ4n) is 2.22. The summed E-state index contributed by atoms with van der Waals surface area (Å²) in [7, 11) is 0. The van der Waals surface area contributed by atoms with Crippen LogP contribution in [0.1, 0.15) is 45.4 Å². The van der Waals surface area contributed by atoms with Crippen molar-refractivity contribution in [1.29, 1.82) is 0 Å². The summed E-state index contributed by atoms with van der Waals surface area (Å²) in [5.41, 5.74) is 0. The van der Waals surface area contributed by atoms with E-state index in [0.717, 1.165) is 25.9 Å². The molecule has 1 rings (SSSR count). The van der Waals surface area contributed by atoms with Crippen LogP contribution in [0.5, 0.6) is 0 Å². The first kappa shape index (κ1) is 13.9. The molecular weight excluding hydrogens is 204 g/mol. The van der Waals surface area contributed by atoms with Crippen LogP contribution >= 0.6 is 0 Å². The average Bonchev–Trinajstić information content (AvgIpc) is 2.34. The second-order valence-electron chi connectivity index (χ2n) is 4.65. The first-order valence-electron chi connectivity index (χ1n) is 6.68. The number of aliphatic hydroxyl groups excluding tert-OH is 1. The zero-order valence-corrected chi connectivity index (χ0v) is 10.5. The Labute approximate surface area is 99.1 Å². The monoisotopic (exact) mass is 230 g/mol. The van der Waals surface area contributed by atoms with E-state index in [4.69, 9.17) is 9.47 Å².